The summed E-state index contributed by atoms with van der Waals surface area (Å²) in [6, 6.07) is 14.3. The molecule has 1 aromatic carbocycles. The van der Waals surface area contributed by atoms with Gasteiger partial charge in [-0.2, -0.15) is 0 Å². The summed E-state index contributed by atoms with van der Waals surface area (Å²) < 4.78 is 1.21. The minimum absolute atomic E-state index is 0.0203. The predicted molar refractivity (Wildman–Crippen MR) is 82.9 cm³/mol. The van der Waals surface area contributed by atoms with Crippen molar-refractivity contribution >= 4 is 32.8 Å². The average Bonchev–Trinajstić information content (AvgIpc) is 3.08. The van der Waals surface area contributed by atoms with Crippen molar-refractivity contribution in [3.63, 3.8) is 0 Å². The van der Waals surface area contributed by atoms with Crippen LogP contribution in [0.5, 0.6) is 0 Å². The lowest BCUT2D eigenvalue weighted by atomic mass is 9.99. The van der Waals surface area contributed by atoms with Crippen molar-refractivity contribution in [1.82, 2.24) is 0 Å². The van der Waals surface area contributed by atoms with Crippen molar-refractivity contribution in [2.24, 2.45) is 5.73 Å². The van der Waals surface area contributed by atoms with Gasteiger partial charge in [0, 0.05) is 26.9 Å². The number of benzene rings is 1. The molecule has 2 aromatic heterocycles. The standard InChI is InChI=1S/C15H15NOS2/c16-9-11(13-6-3-7-18-13)15(17)14-8-10-4-1-2-5-12(10)19-14/h1-8,11,15,17H,9,16H2. The van der Waals surface area contributed by atoms with Crippen molar-refractivity contribution in [2.45, 2.75) is 12.0 Å². The number of aliphatic hydroxyl groups excluding tert-OH is 1. The molecule has 0 radical (unpaired) electrons. The first kappa shape index (κ1) is 12.8. The van der Waals surface area contributed by atoms with Crippen LogP contribution in [0, 0.1) is 0 Å². The lowest BCUT2D eigenvalue weighted by Gasteiger charge is -2.19. The minimum atomic E-state index is -0.527. The highest BCUT2D eigenvalue weighted by atomic mass is 32.1. The molecule has 0 aliphatic heterocycles. The van der Waals surface area contributed by atoms with E-state index in [4.69, 9.17) is 5.73 Å². The van der Waals surface area contributed by atoms with Gasteiger partial charge in [-0.05, 0) is 29.0 Å². The topological polar surface area (TPSA) is 46.2 Å². The second kappa shape index (κ2) is 5.43. The summed E-state index contributed by atoms with van der Waals surface area (Å²) in [4.78, 5) is 2.14. The molecule has 98 valence electrons. The molecule has 0 amide bonds. The zero-order chi connectivity index (χ0) is 13.2. The third-order valence-corrected chi connectivity index (χ3v) is 5.47. The Kier molecular flexibility index (Phi) is 3.66. The fourth-order valence-corrected chi connectivity index (χ4v) is 4.24. The maximum Gasteiger partial charge on any atom is 0.0970 e. The molecule has 3 rings (SSSR count). The second-order valence-electron chi connectivity index (χ2n) is 4.49. The first-order valence-corrected chi connectivity index (χ1v) is 7.89. The zero-order valence-corrected chi connectivity index (χ0v) is 12.0. The van der Waals surface area contributed by atoms with Crippen LogP contribution in [0.4, 0.5) is 0 Å². The predicted octanol–water partition coefficient (Wildman–Crippen LogP) is 3.74. The van der Waals surface area contributed by atoms with Crippen LogP contribution in [-0.4, -0.2) is 11.7 Å². The third-order valence-electron chi connectivity index (χ3n) is 3.28. The molecule has 3 aromatic rings. The lowest BCUT2D eigenvalue weighted by Crippen LogP contribution is -2.18. The SMILES string of the molecule is NCC(c1cccs1)C(O)c1cc2ccccc2s1. The molecule has 19 heavy (non-hydrogen) atoms. The Morgan fingerprint density at radius 3 is 2.63 bits per heavy atom. The molecule has 4 heteroatoms. The van der Waals surface area contributed by atoms with Crippen LogP contribution >= 0.6 is 22.7 Å². The summed E-state index contributed by atoms with van der Waals surface area (Å²) >= 11 is 3.30. The quantitative estimate of drug-likeness (QED) is 0.768. The van der Waals surface area contributed by atoms with Crippen LogP contribution in [-0.2, 0) is 0 Å². The zero-order valence-electron chi connectivity index (χ0n) is 10.3. The van der Waals surface area contributed by atoms with Gasteiger partial charge in [-0.3, -0.25) is 0 Å². The smallest absolute Gasteiger partial charge is 0.0970 e. The first-order valence-electron chi connectivity index (χ1n) is 6.19. The summed E-state index contributed by atoms with van der Waals surface area (Å²) in [5.41, 5.74) is 5.85. The number of hydrogen-bond acceptors (Lipinski definition) is 4. The van der Waals surface area contributed by atoms with Gasteiger partial charge < -0.3 is 10.8 Å². The summed E-state index contributed by atoms with van der Waals surface area (Å²) in [6.45, 7) is 0.454. The van der Waals surface area contributed by atoms with E-state index >= 15 is 0 Å². The summed E-state index contributed by atoms with van der Waals surface area (Å²) in [5, 5.41) is 13.8. The van der Waals surface area contributed by atoms with E-state index < -0.39 is 6.10 Å². The van der Waals surface area contributed by atoms with Crippen LogP contribution in [0.1, 0.15) is 21.8 Å². The van der Waals surface area contributed by atoms with Gasteiger partial charge in [0.25, 0.3) is 0 Å². The van der Waals surface area contributed by atoms with Gasteiger partial charge in [-0.1, -0.05) is 24.3 Å². The molecule has 2 atom stereocenters. The fourth-order valence-electron chi connectivity index (χ4n) is 2.25. The van der Waals surface area contributed by atoms with E-state index in [2.05, 4.69) is 18.2 Å². The molecule has 0 aliphatic carbocycles. The molecule has 0 fully saturated rings. The lowest BCUT2D eigenvalue weighted by molar-refractivity contribution is 0.152. The van der Waals surface area contributed by atoms with E-state index in [0.29, 0.717) is 6.54 Å². The Hall–Kier alpha value is -1.20. The Labute approximate surface area is 120 Å². The van der Waals surface area contributed by atoms with Crippen molar-refractivity contribution < 1.29 is 5.11 Å². The summed E-state index contributed by atoms with van der Waals surface area (Å²) in [6.07, 6.45) is -0.527. The molecule has 2 nitrogen and oxygen atoms in total. The Morgan fingerprint density at radius 2 is 1.95 bits per heavy atom. The highest BCUT2D eigenvalue weighted by Crippen LogP contribution is 2.38. The van der Waals surface area contributed by atoms with Gasteiger partial charge in [0.05, 0.1) is 6.10 Å². The van der Waals surface area contributed by atoms with E-state index in [1.54, 1.807) is 22.7 Å². The van der Waals surface area contributed by atoms with Crippen LogP contribution in [0.3, 0.4) is 0 Å². The van der Waals surface area contributed by atoms with Crippen LogP contribution in [0.15, 0.2) is 47.8 Å². The van der Waals surface area contributed by atoms with Gasteiger partial charge in [0.1, 0.15) is 0 Å². The van der Waals surface area contributed by atoms with Gasteiger partial charge in [0.15, 0.2) is 0 Å². The molecule has 2 unspecified atom stereocenters. The van der Waals surface area contributed by atoms with Gasteiger partial charge >= 0.3 is 0 Å². The van der Waals surface area contributed by atoms with Crippen LogP contribution < -0.4 is 5.73 Å². The molecule has 0 spiro atoms. The maximum atomic E-state index is 10.6. The summed E-state index contributed by atoms with van der Waals surface area (Å²) in [7, 11) is 0. The normalized spacial score (nSPS) is 14.6. The second-order valence-corrected chi connectivity index (χ2v) is 6.58. The van der Waals surface area contributed by atoms with E-state index in [1.807, 2.05) is 29.6 Å². The molecule has 0 saturated heterocycles. The number of fused-ring (bicyclic) bond motifs is 1. The molecule has 2 heterocycles. The third kappa shape index (κ3) is 2.44. The van der Waals surface area contributed by atoms with E-state index in [0.717, 1.165) is 9.75 Å². The average molecular weight is 289 g/mol. The van der Waals surface area contributed by atoms with Gasteiger partial charge in [-0.25, -0.2) is 0 Å². The molecular formula is C15H15NOS2. The van der Waals surface area contributed by atoms with E-state index in [9.17, 15) is 5.11 Å². The fraction of sp³-hybridized carbons (Fsp3) is 0.200. The monoisotopic (exact) mass is 289 g/mol. The first-order chi connectivity index (χ1) is 9.29. The van der Waals surface area contributed by atoms with Crippen molar-refractivity contribution in [1.29, 1.82) is 0 Å². The number of hydrogen-bond donors (Lipinski definition) is 2. The Balaban J connectivity index is 1.95. The number of nitrogens with two attached hydrogens (primary N) is 1. The highest BCUT2D eigenvalue weighted by molar-refractivity contribution is 7.19. The Morgan fingerprint density at radius 1 is 1.11 bits per heavy atom. The van der Waals surface area contributed by atoms with Crippen LogP contribution in [0.2, 0.25) is 0 Å². The highest BCUT2D eigenvalue weighted by Gasteiger charge is 2.23. The number of rotatable bonds is 4. The maximum absolute atomic E-state index is 10.6. The largest absolute Gasteiger partial charge is 0.387 e. The molecule has 0 aliphatic rings. The number of thiophene rings is 2. The molecule has 0 saturated carbocycles. The number of aliphatic hydroxyl groups is 1. The van der Waals surface area contributed by atoms with Crippen molar-refractivity contribution in [3.8, 4) is 0 Å². The minimum Gasteiger partial charge on any atom is -0.387 e. The van der Waals surface area contributed by atoms with E-state index in [1.165, 1.54) is 10.1 Å². The molecule has 0 bridgehead atoms. The summed E-state index contributed by atoms with van der Waals surface area (Å²) in [5.74, 6) is -0.0203. The van der Waals surface area contributed by atoms with Crippen molar-refractivity contribution in [3.05, 3.63) is 57.6 Å². The molecular weight excluding hydrogens is 274 g/mol. The van der Waals surface area contributed by atoms with Crippen LogP contribution in [0.25, 0.3) is 10.1 Å². The molecule has 3 N–H and O–H groups in total. The van der Waals surface area contributed by atoms with E-state index in [-0.39, 0.29) is 5.92 Å². The van der Waals surface area contributed by atoms with Gasteiger partial charge in [-0.15, -0.1) is 22.7 Å². The Bertz CT molecular complexity index is 627. The van der Waals surface area contributed by atoms with Gasteiger partial charge in [0.2, 0.25) is 0 Å². The van der Waals surface area contributed by atoms with Crippen molar-refractivity contribution in [2.75, 3.05) is 6.54 Å².